The Morgan fingerprint density at radius 1 is 0.800 bits per heavy atom. The summed E-state index contributed by atoms with van der Waals surface area (Å²) < 4.78 is 101. The van der Waals surface area contributed by atoms with Gasteiger partial charge in [0.2, 0.25) is 0 Å². The van der Waals surface area contributed by atoms with E-state index in [0.717, 1.165) is 18.2 Å². The minimum atomic E-state index is -4.73. The molecule has 0 unspecified atom stereocenters. The molecule has 216 valence electrons. The molecule has 0 heterocycles. The van der Waals surface area contributed by atoms with Crippen molar-refractivity contribution in [3.05, 3.63) is 60.2 Å². The van der Waals surface area contributed by atoms with Crippen LogP contribution in [-0.4, -0.2) is 51.3 Å². The lowest BCUT2D eigenvalue weighted by molar-refractivity contribution is 0.318. The fourth-order valence-electron chi connectivity index (χ4n) is 3.22. The molecule has 3 rings (SSSR count). The molecule has 0 aromatic heterocycles. The number of hydrogen-bond acceptors (Lipinski definition) is 12. The van der Waals surface area contributed by atoms with Gasteiger partial charge in [-0.1, -0.05) is 0 Å². The molecule has 15 nitrogen and oxygen atoms in total. The Morgan fingerprint density at radius 3 is 2.00 bits per heavy atom. The van der Waals surface area contributed by atoms with Crippen LogP contribution in [0.3, 0.4) is 0 Å². The fourth-order valence-corrected chi connectivity index (χ4v) is 4.85. The number of rotatable bonds is 12. The van der Waals surface area contributed by atoms with Gasteiger partial charge in [-0.2, -0.15) is 35.5 Å². The predicted octanol–water partition coefficient (Wildman–Crippen LogP) is 3.58. The van der Waals surface area contributed by atoms with Crippen LogP contribution in [0, 0.1) is 6.92 Å². The van der Waals surface area contributed by atoms with Crippen molar-refractivity contribution in [3.8, 4) is 5.75 Å². The van der Waals surface area contributed by atoms with Gasteiger partial charge < -0.3 is 15.9 Å². The Morgan fingerprint density at radius 2 is 1.40 bits per heavy atom. The van der Waals surface area contributed by atoms with Crippen molar-refractivity contribution in [3.63, 3.8) is 0 Å². The van der Waals surface area contributed by atoms with Gasteiger partial charge in [-0.05, 0) is 67.4 Å². The van der Waals surface area contributed by atoms with Crippen molar-refractivity contribution in [2.24, 2.45) is 10.2 Å². The van der Waals surface area contributed by atoms with Crippen molar-refractivity contribution in [1.29, 1.82) is 0 Å². The van der Waals surface area contributed by atoms with Crippen molar-refractivity contribution < 1.29 is 43.6 Å². The average molecular weight is 616 g/mol. The number of anilines is 3. The highest BCUT2D eigenvalue weighted by atomic mass is 32.2. The highest BCUT2D eigenvalue weighted by Gasteiger charge is 2.17. The maximum Gasteiger partial charge on any atom is 0.296 e. The van der Waals surface area contributed by atoms with Crippen molar-refractivity contribution in [2.75, 3.05) is 28.9 Å². The topological polar surface area (TPSA) is 247 Å². The van der Waals surface area contributed by atoms with Crippen LogP contribution in [0.1, 0.15) is 12.0 Å². The number of nitrogens with two attached hydrogens (primary N) is 1. The third-order valence-electron chi connectivity index (χ3n) is 5.15. The van der Waals surface area contributed by atoms with E-state index in [1.165, 1.54) is 30.3 Å². The summed E-state index contributed by atoms with van der Waals surface area (Å²) in [6, 6.07) is 11.6. The molecule has 0 bridgehead atoms. The molecule has 0 fully saturated rings. The number of benzene rings is 3. The van der Waals surface area contributed by atoms with Gasteiger partial charge in [-0.15, -0.1) is 0 Å². The van der Waals surface area contributed by atoms with Crippen LogP contribution in [-0.2, 0) is 30.4 Å². The van der Waals surface area contributed by atoms with Gasteiger partial charge >= 0.3 is 0 Å². The summed E-state index contributed by atoms with van der Waals surface area (Å²) in [5.74, 6) is -0.277. The third kappa shape index (κ3) is 8.86. The van der Waals surface area contributed by atoms with E-state index in [2.05, 4.69) is 21.1 Å². The maximum absolute atomic E-state index is 12.0. The number of hydrazine groups is 1. The van der Waals surface area contributed by atoms with E-state index in [4.69, 9.17) is 19.6 Å². The molecule has 3 aromatic rings. The zero-order valence-corrected chi connectivity index (χ0v) is 23.2. The SMILES string of the molecule is Cc1cc(N)c(OCCCS(=O)(=O)O)cc1NNc1ccc(N=Nc2ccc(S(=O)(=O)O)cc2)cc1S(=O)(=O)O. The van der Waals surface area contributed by atoms with E-state index >= 15 is 0 Å². The number of aryl methyl sites for hydroxylation is 1. The van der Waals surface area contributed by atoms with Crippen LogP contribution in [0.2, 0.25) is 0 Å². The van der Waals surface area contributed by atoms with Gasteiger partial charge in [0.25, 0.3) is 30.4 Å². The van der Waals surface area contributed by atoms with Gasteiger partial charge in [-0.3, -0.25) is 19.1 Å². The van der Waals surface area contributed by atoms with Gasteiger partial charge in [0.15, 0.2) is 0 Å². The molecule has 0 saturated carbocycles. The first-order valence-corrected chi connectivity index (χ1v) is 15.6. The zero-order valence-electron chi connectivity index (χ0n) is 20.7. The smallest absolute Gasteiger partial charge is 0.296 e. The molecule has 0 amide bonds. The van der Waals surface area contributed by atoms with E-state index in [9.17, 15) is 29.8 Å². The highest BCUT2D eigenvalue weighted by molar-refractivity contribution is 7.86. The number of hydrogen-bond donors (Lipinski definition) is 6. The van der Waals surface area contributed by atoms with E-state index in [-0.39, 0.29) is 46.4 Å². The second-order valence-corrected chi connectivity index (χ2v) is 12.7. The standard InChI is InChI=1S/C22H25N5O10S3/c1-14-11-18(23)21(37-9-2-10-38(28,29)30)13-20(14)27-26-19-8-5-16(12-22(19)40(34,35)36)25-24-15-3-6-17(7-4-15)39(31,32)33/h3-8,11-13,26-27H,2,9-10,23H2,1H3,(H,28,29,30)(H,31,32,33)(H,34,35,36). The largest absolute Gasteiger partial charge is 0.491 e. The second kappa shape index (κ2) is 12.1. The monoisotopic (exact) mass is 615 g/mol. The Kier molecular flexibility index (Phi) is 9.33. The predicted molar refractivity (Wildman–Crippen MR) is 146 cm³/mol. The molecular weight excluding hydrogens is 590 g/mol. The lowest BCUT2D eigenvalue weighted by Crippen LogP contribution is -2.14. The number of ether oxygens (including phenoxy) is 1. The molecule has 18 heteroatoms. The van der Waals surface area contributed by atoms with Gasteiger partial charge in [0, 0.05) is 6.07 Å². The van der Waals surface area contributed by atoms with Gasteiger partial charge in [0.05, 0.1) is 45.7 Å². The quantitative estimate of drug-likeness (QED) is 0.0561. The molecule has 0 saturated heterocycles. The van der Waals surface area contributed by atoms with Crippen molar-refractivity contribution in [1.82, 2.24) is 0 Å². The van der Waals surface area contributed by atoms with E-state index < -0.39 is 41.0 Å². The summed E-state index contributed by atoms with van der Waals surface area (Å²) in [6.45, 7) is 1.66. The van der Waals surface area contributed by atoms with E-state index in [1.54, 1.807) is 13.0 Å². The van der Waals surface area contributed by atoms with Crippen LogP contribution >= 0.6 is 0 Å². The van der Waals surface area contributed by atoms with E-state index in [0.29, 0.717) is 11.3 Å². The zero-order chi connectivity index (χ0) is 29.7. The van der Waals surface area contributed by atoms with Crippen LogP contribution in [0.15, 0.2) is 74.6 Å². The first-order valence-electron chi connectivity index (χ1n) is 11.1. The first kappa shape index (κ1) is 30.7. The summed E-state index contributed by atoms with van der Waals surface area (Å²) in [5.41, 5.74) is 12.9. The number of azo groups is 1. The Balaban J connectivity index is 1.77. The van der Waals surface area contributed by atoms with Crippen LogP contribution in [0.5, 0.6) is 5.75 Å². The summed E-state index contributed by atoms with van der Waals surface area (Å²) in [7, 11) is -13.2. The normalized spacial score (nSPS) is 12.4. The lowest BCUT2D eigenvalue weighted by Gasteiger charge is -2.17. The van der Waals surface area contributed by atoms with Crippen LogP contribution in [0.25, 0.3) is 0 Å². The third-order valence-corrected chi connectivity index (χ3v) is 7.72. The molecule has 40 heavy (non-hydrogen) atoms. The average Bonchev–Trinajstić information content (AvgIpc) is 2.84. The molecule has 3 aromatic carbocycles. The van der Waals surface area contributed by atoms with Crippen LogP contribution < -0.4 is 21.3 Å². The van der Waals surface area contributed by atoms with E-state index in [1.807, 2.05) is 0 Å². The van der Waals surface area contributed by atoms with Gasteiger partial charge in [-0.25, -0.2) is 0 Å². The second-order valence-electron chi connectivity index (χ2n) is 8.27. The number of nitrogen functional groups attached to an aromatic ring is 1. The Bertz CT molecular complexity index is 1740. The molecule has 0 aliphatic carbocycles. The number of nitrogens with zero attached hydrogens (tertiary/aromatic N) is 2. The fraction of sp³-hybridized carbons (Fsp3) is 0.182. The molecule has 0 atom stereocenters. The highest BCUT2D eigenvalue weighted by Crippen LogP contribution is 2.31. The van der Waals surface area contributed by atoms with Crippen molar-refractivity contribution in [2.45, 2.75) is 23.1 Å². The van der Waals surface area contributed by atoms with Gasteiger partial charge in [0.1, 0.15) is 10.6 Å². The van der Waals surface area contributed by atoms with Crippen molar-refractivity contribution >= 4 is 58.8 Å². The summed E-state index contributed by atoms with van der Waals surface area (Å²) in [5, 5.41) is 7.78. The Labute approximate surface area is 230 Å². The van der Waals surface area contributed by atoms with Crippen LogP contribution in [0.4, 0.5) is 28.4 Å². The molecule has 0 aliphatic rings. The lowest BCUT2D eigenvalue weighted by atomic mass is 10.1. The Hall–Kier alpha value is -3.81. The molecule has 0 aliphatic heterocycles. The number of nitrogens with one attached hydrogen (secondary N) is 2. The summed E-state index contributed by atoms with van der Waals surface area (Å²) in [6.07, 6.45) is 0.0183. The summed E-state index contributed by atoms with van der Waals surface area (Å²) >= 11 is 0. The summed E-state index contributed by atoms with van der Waals surface area (Å²) in [4.78, 5) is -0.872. The first-order chi connectivity index (χ1) is 18.5. The molecule has 7 N–H and O–H groups in total. The maximum atomic E-state index is 12.0. The molecular formula is C22H25N5O10S3. The molecule has 0 spiro atoms. The minimum Gasteiger partial charge on any atom is -0.491 e. The molecule has 0 radical (unpaired) electrons. The minimum absolute atomic E-state index is 0.0183.